The van der Waals surface area contributed by atoms with Gasteiger partial charge in [-0.1, -0.05) is 85.5 Å². The van der Waals surface area contributed by atoms with Crippen LogP contribution in [0, 0.1) is 17.8 Å². The fourth-order valence-electron chi connectivity index (χ4n) is 10.2. The highest BCUT2D eigenvalue weighted by molar-refractivity contribution is 8.00. The zero-order valence-corrected chi connectivity index (χ0v) is 34.7. The molecule has 2 saturated carbocycles. The average Bonchev–Trinajstić information content (AvgIpc) is 3.78. The Balaban J connectivity index is 1.23. The van der Waals surface area contributed by atoms with Crippen LogP contribution in [0.25, 0.3) is 11.1 Å². The molecule has 0 bridgehead atoms. The van der Waals surface area contributed by atoms with Gasteiger partial charge in [0.2, 0.25) is 12.1 Å². The number of benzene rings is 3. The van der Waals surface area contributed by atoms with E-state index < -0.39 is 5.79 Å². The van der Waals surface area contributed by atoms with Gasteiger partial charge in [0.25, 0.3) is 0 Å². The van der Waals surface area contributed by atoms with Crippen LogP contribution in [0.5, 0.6) is 17.2 Å². The summed E-state index contributed by atoms with van der Waals surface area (Å²) < 4.78 is 27.2. The van der Waals surface area contributed by atoms with Gasteiger partial charge in [0.15, 0.2) is 0 Å². The van der Waals surface area contributed by atoms with Crippen molar-refractivity contribution < 1.29 is 34.0 Å². The van der Waals surface area contributed by atoms with Crippen LogP contribution in [0.15, 0.2) is 102 Å². The molecule has 3 aliphatic carbocycles. The van der Waals surface area contributed by atoms with Crippen molar-refractivity contribution in [3.05, 3.63) is 103 Å². The van der Waals surface area contributed by atoms with Crippen LogP contribution >= 0.6 is 11.8 Å². The predicted molar refractivity (Wildman–Crippen MR) is 231 cm³/mol. The zero-order valence-electron chi connectivity index (χ0n) is 33.9. The van der Waals surface area contributed by atoms with E-state index in [0.29, 0.717) is 24.9 Å². The molecule has 3 aromatic rings. The molecule has 7 unspecified atom stereocenters. The maximum atomic E-state index is 9.98. The van der Waals surface area contributed by atoms with E-state index in [1.54, 1.807) is 0 Å². The first-order chi connectivity index (χ1) is 28.6. The summed E-state index contributed by atoms with van der Waals surface area (Å²) in [5.41, 5.74) is 5.54. The Bertz CT molecular complexity index is 1850. The smallest absolute Gasteiger partial charge is 0.230 e. The van der Waals surface area contributed by atoms with Crippen molar-refractivity contribution in [1.82, 2.24) is 0 Å². The lowest BCUT2D eigenvalue weighted by molar-refractivity contribution is -0.223. The Morgan fingerprint density at radius 1 is 0.845 bits per heavy atom. The fourth-order valence-corrected chi connectivity index (χ4v) is 11.9. The molecule has 9 heteroatoms. The second-order valence-electron chi connectivity index (χ2n) is 16.7. The number of unbranched alkanes of at least 4 members (excludes halogenated alkanes) is 2. The number of aliphatic hydroxyl groups is 2. The van der Waals surface area contributed by atoms with Crippen molar-refractivity contribution >= 4 is 17.5 Å². The normalized spacial score (nSPS) is 28.6. The highest BCUT2D eigenvalue weighted by Crippen LogP contribution is 2.63. The van der Waals surface area contributed by atoms with E-state index in [4.69, 9.17) is 28.9 Å². The summed E-state index contributed by atoms with van der Waals surface area (Å²) in [4.78, 5) is 6.29. The van der Waals surface area contributed by atoms with Crippen molar-refractivity contribution in [3.63, 3.8) is 0 Å². The van der Waals surface area contributed by atoms with Crippen LogP contribution in [0.1, 0.15) is 101 Å². The number of oxime groups is 1. The highest BCUT2D eigenvalue weighted by atomic mass is 32.2. The lowest BCUT2D eigenvalue weighted by atomic mass is 9.56. The second-order valence-corrected chi connectivity index (χ2v) is 18.2. The van der Waals surface area contributed by atoms with Gasteiger partial charge >= 0.3 is 0 Å². The molecule has 2 aliphatic heterocycles. The zero-order chi connectivity index (χ0) is 39.7. The molecule has 0 amide bonds. The van der Waals surface area contributed by atoms with Crippen LogP contribution in [-0.2, 0) is 14.3 Å². The van der Waals surface area contributed by atoms with Gasteiger partial charge in [-0.3, -0.25) is 0 Å². The number of fused-ring (bicyclic) bond motifs is 2. The molecule has 0 spiro atoms. The van der Waals surface area contributed by atoms with E-state index >= 15 is 0 Å². The number of aliphatic hydroxyl groups excluding tert-OH is 2. The minimum Gasteiger partial charge on any atom is -0.460 e. The molecule has 58 heavy (non-hydrogen) atoms. The van der Waals surface area contributed by atoms with E-state index in [1.165, 1.54) is 31.2 Å². The highest BCUT2D eigenvalue weighted by Gasteiger charge is 2.64. The Morgan fingerprint density at radius 2 is 1.59 bits per heavy atom. The minimum atomic E-state index is -0.966. The number of ether oxygens (including phenoxy) is 4. The van der Waals surface area contributed by atoms with Crippen LogP contribution in [0.4, 0.5) is 0 Å². The molecular formula is C49H61NO7S. The first-order valence-corrected chi connectivity index (χ1v) is 22.9. The lowest BCUT2D eigenvalue weighted by Gasteiger charge is -2.58. The number of allylic oxidation sites excluding steroid dienone is 1. The van der Waals surface area contributed by atoms with Crippen LogP contribution in [0.2, 0.25) is 0 Å². The molecule has 8 nitrogen and oxygen atoms in total. The SMILES string of the molecule is C=CCOC12Oc3ccc(Oc4ccc(-c5ccccc5)cc4)cc3C3C(CCCCO)C(CCCCO)C=C(C(=NOC4CCCCO4)CC1SC1CCCC1)C32. The Labute approximate surface area is 349 Å². The van der Waals surface area contributed by atoms with Gasteiger partial charge < -0.3 is 34.0 Å². The van der Waals surface area contributed by atoms with E-state index in [9.17, 15) is 10.2 Å². The van der Waals surface area contributed by atoms with Crippen molar-refractivity contribution in [2.24, 2.45) is 22.9 Å². The quantitative estimate of drug-likeness (QED) is 0.0745. The van der Waals surface area contributed by atoms with Crippen molar-refractivity contribution in [2.45, 2.75) is 118 Å². The van der Waals surface area contributed by atoms with Gasteiger partial charge in [0.05, 0.1) is 30.1 Å². The molecule has 0 aromatic heterocycles. The predicted octanol–water partition coefficient (Wildman–Crippen LogP) is 11.0. The minimum absolute atomic E-state index is 0.0125. The molecule has 3 fully saturated rings. The molecule has 2 N–H and O–H groups in total. The van der Waals surface area contributed by atoms with E-state index in [0.717, 1.165) is 97.4 Å². The third-order valence-corrected chi connectivity index (χ3v) is 14.6. The lowest BCUT2D eigenvalue weighted by Crippen LogP contribution is -2.64. The maximum absolute atomic E-state index is 9.98. The third-order valence-electron chi connectivity index (χ3n) is 12.9. The summed E-state index contributed by atoms with van der Waals surface area (Å²) in [6.07, 6.45) is 17.7. The standard InChI is InChI=1S/C49H61NO7S/c1-2-29-54-49-45(58-39-17-6-7-18-39)33-43(50-57-46-20-10-13-30-53-46)41-31-36(16-8-11-27-51)40(19-9-12-28-52)47(48(41)49)42-32-38(25-26-44(42)56-49)55-37-23-21-35(22-24-37)34-14-4-3-5-15-34/h2-5,14-15,21-26,31-32,36,39-40,45-48,51-52H,1,6-13,16-20,27-30,33H2. The first-order valence-electron chi connectivity index (χ1n) is 21.9. The summed E-state index contributed by atoms with van der Waals surface area (Å²) in [6, 6.07) is 25.0. The van der Waals surface area contributed by atoms with E-state index in [2.05, 4.69) is 61.2 Å². The van der Waals surface area contributed by atoms with Gasteiger partial charge in [0.1, 0.15) is 17.2 Å². The summed E-state index contributed by atoms with van der Waals surface area (Å²) in [5.74, 6) is 1.69. The van der Waals surface area contributed by atoms with Gasteiger partial charge in [-0.25, -0.2) is 0 Å². The Kier molecular flexibility index (Phi) is 13.9. The van der Waals surface area contributed by atoms with Crippen LogP contribution in [0.3, 0.4) is 0 Å². The summed E-state index contributed by atoms with van der Waals surface area (Å²) in [5, 5.41) is 25.4. The second kappa shape index (κ2) is 19.6. The average molecular weight is 808 g/mol. The Hall–Kier alpha value is -3.60. The van der Waals surface area contributed by atoms with Crippen molar-refractivity contribution in [1.29, 1.82) is 0 Å². The Morgan fingerprint density at radius 3 is 2.33 bits per heavy atom. The number of hydrogen-bond acceptors (Lipinski definition) is 9. The van der Waals surface area contributed by atoms with E-state index in [1.807, 2.05) is 42.1 Å². The van der Waals surface area contributed by atoms with E-state index in [-0.39, 0.29) is 48.4 Å². The topological polar surface area (TPSA) is 99.0 Å². The summed E-state index contributed by atoms with van der Waals surface area (Å²) >= 11 is 2.02. The van der Waals surface area contributed by atoms with Gasteiger partial charge in [0, 0.05) is 42.8 Å². The number of rotatable bonds is 18. The molecule has 3 aromatic carbocycles. The molecule has 0 radical (unpaired) electrons. The molecular weight excluding hydrogens is 747 g/mol. The fraction of sp³-hybridized carbons (Fsp3) is 0.531. The largest absolute Gasteiger partial charge is 0.460 e. The molecule has 2 heterocycles. The molecule has 5 aliphatic rings. The third kappa shape index (κ3) is 9.09. The number of nitrogens with zero attached hydrogens (tertiary/aromatic N) is 1. The van der Waals surface area contributed by atoms with Gasteiger partial charge in [-0.2, -0.15) is 0 Å². The summed E-state index contributed by atoms with van der Waals surface area (Å²) in [6.45, 7) is 5.49. The molecule has 8 rings (SSSR count). The van der Waals surface area contributed by atoms with Crippen molar-refractivity contribution in [3.8, 4) is 28.4 Å². The van der Waals surface area contributed by atoms with Crippen LogP contribution < -0.4 is 9.47 Å². The molecule has 7 atom stereocenters. The van der Waals surface area contributed by atoms with Crippen molar-refractivity contribution in [2.75, 3.05) is 26.4 Å². The molecule has 1 saturated heterocycles. The number of hydrogen-bond donors (Lipinski definition) is 2. The van der Waals surface area contributed by atoms with Gasteiger partial charge in [-0.15, -0.1) is 18.3 Å². The van der Waals surface area contributed by atoms with Gasteiger partial charge in [-0.05, 0) is 110 Å². The monoisotopic (exact) mass is 807 g/mol. The first kappa shape index (κ1) is 41.1. The number of thioether (sulfide) groups is 1. The maximum Gasteiger partial charge on any atom is 0.230 e. The van der Waals surface area contributed by atoms with Crippen LogP contribution in [-0.4, -0.2) is 64.9 Å². The molecule has 310 valence electrons. The summed E-state index contributed by atoms with van der Waals surface area (Å²) in [7, 11) is 0.